The number of hydrogen-bond donors (Lipinski definition) is 1. The maximum atomic E-state index is 12.2. The van der Waals surface area contributed by atoms with Crippen molar-refractivity contribution in [2.24, 2.45) is 4.99 Å². The summed E-state index contributed by atoms with van der Waals surface area (Å²) in [4.78, 5) is 17.4. The van der Waals surface area contributed by atoms with Crippen molar-refractivity contribution in [3.05, 3.63) is 76.7 Å². The summed E-state index contributed by atoms with van der Waals surface area (Å²) in [6.45, 7) is 8.17. The van der Waals surface area contributed by atoms with Gasteiger partial charge in [0.15, 0.2) is 5.17 Å². The average molecular weight is 364 g/mol. The Kier molecular flexibility index (Phi) is 5.58. The van der Waals surface area contributed by atoms with E-state index in [1.165, 1.54) is 17.3 Å². The van der Waals surface area contributed by atoms with E-state index in [-0.39, 0.29) is 5.91 Å². The molecule has 5 heteroatoms. The molecule has 0 bridgehead atoms. The predicted octanol–water partition coefficient (Wildman–Crippen LogP) is 4.76. The van der Waals surface area contributed by atoms with Crippen LogP contribution in [0.5, 0.6) is 5.75 Å². The molecule has 0 saturated carbocycles. The lowest BCUT2D eigenvalue weighted by Crippen LogP contribution is -2.19. The van der Waals surface area contributed by atoms with Crippen LogP contribution < -0.4 is 10.1 Å². The predicted molar refractivity (Wildman–Crippen MR) is 109 cm³/mol. The van der Waals surface area contributed by atoms with E-state index in [0.29, 0.717) is 16.7 Å². The lowest BCUT2D eigenvalue weighted by Gasteiger charge is -2.04. The van der Waals surface area contributed by atoms with E-state index in [1.54, 1.807) is 6.08 Å². The Labute approximate surface area is 157 Å². The van der Waals surface area contributed by atoms with E-state index < -0.39 is 0 Å². The molecular weight excluding hydrogens is 344 g/mol. The quantitative estimate of drug-likeness (QED) is 0.615. The molecule has 2 aromatic rings. The van der Waals surface area contributed by atoms with E-state index >= 15 is 0 Å². The van der Waals surface area contributed by atoms with E-state index in [0.717, 1.165) is 22.6 Å². The summed E-state index contributed by atoms with van der Waals surface area (Å²) in [5.41, 5.74) is 4.09. The van der Waals surface area contributed by atoms with Gasteiger partial charge in [0.25, 0.3) is 5.91 Å². The Hall–Kier alpha value is -2.79. The monoisotopic (exact) mass is 364 g/mol. The minimum atomic E-state index is -0.133. The molecule has 1 aliphatic rings. The standard InChI is InChI=1S/C21H20N2O2S/c1-4-12-25-17-10-8-16(9-11-17)13-19-20(24)23-21(26-19)22-18-7-5-6-14(2)15(18)3/h4-11,13H,1,12H2,2-3H3,(H,22,23,24)/b19-13-. The lowest BCUT2D eigenvalue weighted by molar-refractivity contribution is -0.115. The topological polar surface area (TPSA) is 50.7 Å². The van der Waals surface area contributed by atoms with E-state index in [9.17, 15) is 4.79 Å². The number of amides is 1. The van der Waals surface area contributed by atoms with Gasteiger partial charge in [-0.3, -0.25) is 4.79 Å². The second kappa shape index (κ2) is 8.06. The van der Waals surface area contributed by atoms with Crippen LogP contribution in [-0.4, -0.2) is 17.7 Å². The number of benzene rings is 2. The van der Waals surface area contributed by atoms with Gasteiger partial charge in [-0.2, -0.15) is 0 Å². The Bertz CT molecular complexity index is 899. The summed E-state index contributed by atoms with van der Waals surface area (Å²) in [6, 6.07) is 13.5. The highest BCUT2D eigenvalue weighted by molar-refractivity contribution is 8.18. The molecule has 0 aromatic heterocycles. The van der Waals surface area contributed by atoms with Crippen LogP contribution in [0.3, 0.4) is 0 Å². The Morgan fingerprint density at radius 1 is 1.19 bits per heavy atom. The van der Waals surface area contributed by atoms with Gasteiger partial charge in [0.2, 0.25) is 0 Å². The van der Waals surface area contributed by atoms with Crippen molar-refractivity contribution in [3.8, 4) is 5.75 Å². The summed E-state index contributed by atoms with van der Waals surface area (Å²) in [6.07, 6.45) is 3.55. The molecule has 0 atom stereocenters. The van der Waals surface area contributed by atoms with Gasteiger partial charge in [-0.15, -0.1) is 0 Å². The van der Waals surface area contributed by atoms with Crippen LogP contribution >= 0.6 is 11.8 Å². The van der Waals surface area contributed by atoms with Gasteiger partial charge in [0.05, 0.1) is 10.6 Å². The third kappa shape index (κ3) is 4.24. The van der Waals surface area contributed by atoms with Gasteiger partial charge in [-0.25, -0.2) is 4.99 Å². The molecule has 1 N–H and O–H groups in total. The summed E-state index contributed by atoms with van der Waals surface area (Å²) in [5.74, 6) is 0.638. The minimum absolute atomic E-state index is 0.133. The molecule has 132 valence electrons. The Balaban J connectivity index is 1.77. The zero-order valence-electron chi connectivity index (χ0n) is 14.8. The number of nitrogens with one attached hydrogen (secondary N) is 1. The maximum Gasteiger partial charge on any atom is 0.264 e. The minimum Gasteiger partial charge on any atom is -0.490 e. The van der Waals surface area contributed by atoms with Gasteiger partial charge in [0, 0.05) is 0 Å². The first kappa shape index (κ1) is 18.0. The molecule has 1 heterocycles. The fourth-order valence-electron chi connectivity index (χ4n) is 2.41. The molecule has 0 aliphatic carbocycles. The number of aliphatic imine (C=N–C) groups is 1. The van der Waals surface area contributed by atoms with Gasteiger partial charge in [-0.05, 0) is 66.6 Å². The lowest BCUT2D eigenvalue weighted by atomic mass is 10.1. The molecule has 1 fully saturated rings. The van der Waals surface area contributed by atoms with Crippen molar-refractivity contribution in [2.75, 3.05) is 6.61 Å². The third-order valence-corrected chi connectivity index (χ3v) is 4.90. The smallest absolute Gasteiger partial charge is 0.264 e. The Morgan fingerprint density at radius 3 is 2.69 bits per heavy atom. The van der Waals surface area contributed by atoms with Crippen molar-refractivity contribution in [3.63, 3.8) is 0 Å². The van der Waals surface area contributed by atoms with Crippen molar-refractivity contribution < 1.29 is 9.53 Å². The second-order valence-electron chi connectivity index (χ2n) is 5.87. The summed E-state index contributed by atoms with van der Waals surface area (Å²) < 4.78 is 5.46. The first-order valence-electron chi connectivity index (χ1n) is 8.26. The van der Waals surface area contributed by atoms with Crippen LogP contribution in [0, 0.1) is 13.8 Å². The number of aryl methyl sites for hydroxylation is 1. The molecule has 1 saturated heterocycles. The highest BCUT2D eigenvalue weighted by atomic mass is 32.2. The zero-order chi connectivity index (χ0) is 18.5. The number of nitrogens with zero attached hydrogens (tertiary/aromatic N) is 1. The fraction of sp³-hybridized carbons (Fsp3) is 0.143. The van der Waals surface area contributed by atoms with Gasteiger partial charge >= 0.3 is 0 Å². The first-order valence-corrected chi connectivity index (χ1v) is 9.08. The highest BCUT2D eigenvalue weighted by Gasteiger charge is 2.24. The number of thioether (sulfide) groups is 1. The van der Waals surface area contributed by atoms with Crippen molar-refractivity contribution in [2.45, 2.75) is 13.8 Å². The van der Waals surface area contributed by atoms with Crippen molar-refractivity contribution in [1.29, 1.82) is 0 Å². The molecule has 4 nitrogen and oxygen atoms in total. The number of amidine groups is 1. The zero-order valence-corrected chi connectivity index (χ0v) is 15.6. The normalized spacial score (nSPS) is 16.8. The highest BCUT2D eigenvalue weighted by Crippen LogP contribution is 2.30. The molecular formula is C21H20N2O2S. The number of hydrogen-bond acceptors (Lipinski definition) is 4. The average Bonchev–Trinajstić information content (AvgIpc) is 2.97. The first-order chi connectivity index (χ1) is 12.6. The molecule has 2 aromatic carbocycles. The van der Waals surface area contributed by atoms with Crippen molar-refractivity contribution in [1.82, 2.24) is 5.32 Å². The second-order valence-corrected chi connectivity index (χ2v) is 6.90. The molecule has 26 heavy (non-hydrogen) atoms. The van der Waals surface area contributed by atoms with Crippen LogP contribution in [-0.2, 0) is 4.79 Å². The van der Waals surface area contributed by atoms with Crippen LogP contribution in [0.4, 0.5) is 5.69 Å². The number of rotatable bonds is 5. The molecule has 0 spiro atoms. The van der Waals surface area contributed by atoms with Gasteiger partial charge in [0.1, 0.15) is 12.4 Å². The molecule has 3 rings (SSSR count). The van der Waals surface area contributed by atoms with Gasteiger partial charge < -0.3 is 10.1 Å². The molecule has 0 radical (unpaired) electrons. The van der Waals surface area contributed by atoms with Crippen LogP contribution in [0.15, 0.2) is 65.0 Å². The Morgan fingerprint density at radius 2 is 1.96 bits per heavy atom. The van der Waals surface area contributed by atoms with Crippen molar-refractivity contribution >= 4 is 34.6 Å². The van der Waals surface area contributed by atoms with Crippen LogP contribution in [0.2, 0.25) is 0 Å². The van der Waals surface area contributed by atoms with E-state index in [4.69, 9.17) is 4.74 Å². The number of carbonyl (C=O) groups excluding carboxylic acids is 1. The summed E-state index contributed by atoms with van der Waals surface area (Å²) >= 11 is 1.35. The van der Waals surface area contributed by atoms with E-state index in [2.05, 4.69) is 16.9 Å². The molecule has 1 amide bonds. The molecule has 1 aliphatic heterocycles. The third-order valence-electron chi connectivity index (χ3n) is 3.99. The SMILES string of the molecule is C=CCOc1ccc(/C=C2\SC(=Nc3cccc(C)c3C)NC2=O)cc1. The maximum absolute atomic E-state index is 12.2. The largest absolute Gasteiger partial charge is 0.490 e. The van der Waals surface area contributed by atoms with E-state index in [1.807, 2.05) is 62.4 Å². The summed E-state index contributed by atoms with van der Waals surface area (Å²) in [5, 5.41) is 3.43. The van der Waals surface area contributed by atoms with Gasteiger partial charge in [-0.1, -0.05) is 36.9 Å². The number of ether oxygens (including phenoxy) is 1. The van der Waals surface area contributed by atoms with Crippen LogP contribution in [0.1, 0.15) is 16.7 Å². The number of carbonyl (C=O) groups is 1. The van der Waals surface area contributed by atoms with Crippen LogP contribution in [0.25, 0.3) is 6.08 Å². The summed E-state index contributed by atoms with van der Waals surface area (Å²) in [7, 11) is 0. The fourth-order valence-corrected chi connectivity index (χ4v) is 3.25. The molecule has 0 unspecified atom stereocenters.